The average molecular weight is 278 g/mol. The van der Waals surface area contributed by atoms with Gasteiger partial charge in [-0.15, -0.1) is 0 Å². The van der Waals surface area contributed by atoms with Gasteiger partial charge in [-0.2, -0.15) is 0 Å². The minimum absolute atomic E-state index is 0.0428. The molecule has 114 valence electrons. The van der Waals surface area contributed by atoms with Crippen molar-refractivity contribution in [3.8, 4) is 5.75 Å². The molecule has 0 aliphatic rings. The zero-order chi connectivity index (χ0) is 15.2. The van der Waals surface area contributed by atoms with Gasteiger partial charge in [0, 0.05) is 18.1 Å². The molecule has 0 amide bonds. The van der Waals surface area contributed by atoms with Gasteiger partial charge < -0.3 is 10.5 Å². The topological polar surface area (TPSA) is 38.5 Å². The highest BCUT2D eigenvalue weighted by Crippen LogP contribution is 2.28. The fourth-order valence-electron chi connectivity index (χ4n) is 3.00. The predicted octanol–water partition coefficient (Wildman–Crippen LogP) is 3.08. The number of ether oxygens (including phenoxy) is 1. The molecule has 0 saturated heterocycles. The van der Waals surface area contributed by atoms with Crippen molar-refractivity contribution in [1.82, 2.24) is 4.90 Å². The Morgan fingerprint density at radius 2 is 1.95 bits per heavy atom. The number of nitrogens with two attached hydrogens (primary N) is 1. The summed E-state index contributed by atoms with van der Waals surface area (Å²) in [6, 6.07) is 8.76. The molecule has 0 fully saturated rings. The summed E-state index contributed by atoms with van der Waals surface area (Å²) in [5.41, 5.74) is 7.32. The van der Waals surface area contributed by atoms with Gasteiger partial charge in [-0.1, -0.05) is 32.0 Å². The fraction of sp³-hybridized carbons (Fsp3) is 0.647. The van der Waals surface area contributed by atoms with Crippen molar-refractivity contribution < 1.29 is 4.74 Å². The Labute approximate surface area is 124 Å². The van der Waals surface area contributed by atoms with Gasteiger partial charge >= 0.3 is 0 Å². The first-order chi connectivity index (χ1) is 9.52. The average Bonchev–Trinajstić information content (AvgIpc) is 2.48. The number of nitrogens with zero attached hydrogens (tertiary/aromatic N) is 1. The molecular formula is C17H30N2O. The molecule has 0 heterocycles. The predicted molar refractivity (Wildman–Crippen MR) is 86.3 cm³/mol. The Balaban J connectivity index is 3.04. The van der Waals surface area contributed by atoms with E-state index in [2.05, 4.69) is 44.7 Å². The molecule has 0 aliphatic carbocycles. The van der Waals surface area contributed by atoms with Crippen LogP contribution in [-0.4, -0.2) is 36.7 Å². The van der Waals surface area contributed by atoms with Crippen LogP contribution in [-0.2, 0) is 6.42 Å². The second-order valence-electron chi connectivity index (χ2n) is 5.73. The maximum absolute atomic E-state index is 6.13. The smallest absolute Gasteiger partial charge is 0.122 e. The lowest BCUT2D eigenvalue weighted by Gasteiger charge is -2.44. The summed E-state index contributed by atoms with van der Waals surface area (Å²) >= 11 is 0. The lowest BCUT2D eigenvalue weighted by molar-refractivity contribution is 0.0718. The van der Waals surface area contributed by atoms with Gasteiger partial charge in [0.2, 0.25) is 0 Å². The molecule has 0 aliphatic heterocycles. The molecule has 2 N–H and O–H groups in total. The molecule has 0 spiro atoms. The number of hydrogen-bond donors (Lipinski definition) is 1. The van der Waals surface area contributed by atoms with Gasteiger partial charge in [0.25, 0.3) is 0 Å². The Morgan fingerprint density at radius 1 is 1.30 bits per heavy atom. The van der Waals surface area contributed by atoms with Crippen LogP contribution >= 0.6 is 0 Å². The number of hydrogen-bond acceptors (Lipinski definition) is 3. The Morgan fingerprint density at radius 3 is 2.45 bits per heavy atom. The molecule has 20 heavy (non-hydrogen) atoms. The largest absolute Gasteiger partial charge is 0.496 e. The monoisotopic (exact) mass is 278 g/mol. The molecule has 1 aromatic carbocycles. The summed E-state index contributed by atoms with van der Waals surface area (Å²) in [5, 5.41) is 0. The summed E-state index contributed by atoms with van der Waals surface area (Å²) in [6.45, 7) is 10.6. The first-order valence-electron chi connectivity index (χ1n) is 7.61. The third-order valence-electron chi connectivity index (χ3n) is 4.36. The van der Waals surface area contributed by atoms with E-state index in [9.17, 15) is 0 Å². The van der Waals surface area contributed by atoms with Crippen LogP contribution in [0.1, 0.15) is 39.7 Å². The van der Waals surface area contributed by atoms with E-state index >= 15 is 0 Å². The molecule has 2 atom stereocenters. The van der Waals surface area contributed by atoms with Gasteiger partial charge in [-0.3, -0.25) is 4.90 Å². The van der Waals surface area contributed by atoms with Crippen molar-refractivity contribution in [2.24, 2.45) is 5.73 Å². The Hall–Kier alpha value is -1.06. The van der Waals surface area contributed by atoms with Crippen molar-refractivity contribution in [1.29, 1.82) is 0 Å². The van der Waals surface area contributed by atoms with E-state index in [1.807, 2.05) is 12.1 Å². The molecule has 0 radical (unpaired) electrons. The highest BCUT2D eigenvalue weighted by atomic mass is 16.5. The van der Waals surface area contributed by atoms with Crippen molar-refractivity contribution in [3.63, 3.8) is 0 Å². The second-order valence-corrected chi connectivity index (χ2v) is 5.73. The first kappa shape index (κ1) is 17.0. The van der Waals surface area contributed by atoms with E-state index in [0.29, 0.717) is 12.6 Å². The van der Waals surface area contributed by atoms with Crippen molar-refractivity contribution in [2.45, 2.75) is 52.1 Å². The van der Waals surface area contributed by atoms with Crippen LogP contribution < -0.4 is 10.5 Å². The maximum Gasteiger partial charge on any atom is 0.122 e. The molecule has 0 saturated carbocycles. The second kappa shape index (κ2) is 7.65. The lowest BCUT2D eigenvalue weighted by atomic mass is 9.88. The number of para-hydroxylation sites is 1. The summed E-state index contributed by atoms with van der Waals surface area (Å²) in [4.78, 5) is 2.51. The van der Waals surface area contributed by atoms with E-state index in [0.717, 1.165) is 25.1 Å². The number of rotatable bonds is 8. The van der Waals surface area contributed by atoms with Gasteiger partial charge in [0.15, 0.2) is 0 Å². The molecule has 1 rings (SSSR count). The van der Waals surface area contributed by atoms with Crippen LogP contribution in [0.25, 0.3) is 0 Å². The highest BCUT2D eigenvalue weighted by Gasteiger charge is 2.33. The van der Waals surface area contributed by atoms with Crippen LogP contribution in [0.5, 0.6) is 5.75 Å². The maximum atomic E-state index is 6.13. The minimum atomic E-state index is -0.0428. The van der Waals surface area contributed by atoms with Gasteiger partial charge in [-0.25, -0.2) is 0 Å². The molecule has 0 bridgehead atoms. The van der Waals surface area contributed by atoms with Crippen LogP contribution in [0, 0.1) is 0 Å². The normalized spacial score (nSPS) is 15.9. The summed E-state index contributed by atoms with van der Waals surface area (Å²) < 4.78 is 5.48. The van der Waals surface area contributed by atoms with Crippen molar-refractivity contribution in [3.05, 3.63) is 29.8 Å². The van der Waals surface area contributed by atoms with Crippen LogP contribution in [0.15, 0.2) is 24.3 Å². The van der Waals surface area contributed by atoms with E-state index in [1.165, 1.54) is 5.56 Å². The summed E-state index contributed by atoms with van der Waals surface area (Å²) in [7, 11) is 1.73. The van der Waals surface area contributed by atoms with Gasteiger partial charge in [-0.05, 0) is 44.9 Å². The quantitative estimate of drug-likeness (QED) is 0.794. The Kier molecular flexibility index (Phi) is 6.50. The van der Waals surface area contributed by atoms with E-state index < -0.39 is 0 Å². The number of benzene rings is 1. The van der Waals surface area contributed by atoms with Crippen molar-refractivity contribution >= 4 is 0 Å². The zero-order valence-corrected chi connectivity index (χ0v) is 13.6. The highest BCUT2D eigenvalue weighted by molar-refractivity contribution is 5.34. The van der Waals surface area contributed by atoms with Crippen LogP contribution in [0.3, 0.4) is 0 Å². The lowest BCUT2D eigenvalue weighted by Crippen LogP contribution is -2.56. The van der Waals surface area contributed by atoms with E-state index in [-0.39, 0.29) is 5.54 Å². The standard InChI is InChI=1S/C17H30N2O/c1-6-14(3)19(7-2)17(4,13-18)12-15-10-8-9-11-16(15)20-5/h8-11,14H,6-7,12-13,18H2,1-5H3. The molecule has 2 unspecified atom stereocenters. The third kappa shape index (κ3) is 3.74. The SMILES string of the molecule is CCC(C)N(CC)C(C)(CN)Cc1ccccc1OC. The molecule has 1 aromatic rings. The Bertz CT molecular complexity index is 408. The van der Waals surface area contributed by atoms with Crippen molar-refractivity contribution in [2.75, 3.05) is 20.2 Å². The summed E-state index contributed by atoms with van der Waals surface area (Å²) in [6.07, 6.45) is 2.04. The number of likely N-dealkylation sites (N-methyl/N-ethyl adjacent to an activating group) is 1. The summed E-state index contributed by atoms with van der Waals surface area (Å²) in [5.74, 6) is 0.951. The minimum Gasteiger partial charge on any atom is -0.496 e. The first-order valence-corrected chi connectivity index (χ1v) is 7.61. The van der Waals surface area contributed by atoms with E-state index in [4.69, 9.17) is 10.5 Å². The number of methoxy groups -OCH3 is 1. The molecule has 3 nitrogen and oxygen atoms in total. The fourth-order valence-corrected chi connectivity index (χ4v) is 3.00. The molecule has 0 aromatic heterocycles. The van der Waals surface area contributed by atoms with Gasteiger partial charge in [0.05, 0.1) is 7.11 Å². The third-order valence-corrected chi connectivity index (χ3v) is 4.36. The van der Waals surface area contributed by atoms with Crippen LogP contribution in [0.4, 0.5) is 0 Å². The van der Waals surface area contributed by atoms with E-state index in [1.54, 1.807) is 7.11 Å². The molecule has 3 heteroatoms. The van der Waals surface area contributed by atoms with Gasteiger partial charge in [0.1, 0.15) is 5.75 Å². The molecular weight excluding hydrogens is 248 g/mol. The van der Waals surface area contributed by atoms with Crippen LogP contribution in [0.2, 0.25) is 0 Å². The zero-order valence-electron chi connectivity index (χ0n) is 13.6.